The van der Waals surface area contributed by atoms with Crippen molar-refractivity contribution in [1.29, 1.82) is 0 Å². The maximum Gasteiger partial charge on any atom is 0.454 e. The zero-order valence-electron chi connectivity index (χ0n) is 12.9. The van der Waals surface area contributed by atoms with Crippen molar-refractivity contribution in [3.05, 3.63) is 60.2 Å². The average Bonchev–Trinajstić information content (AvgIpc) is 2.59. The van der Waals surface area contributed by atoms with Gasteiger partial charge in [0, 0.05) is 24.3 Å². The zero-order valence-corrected chi connectivity index (χ0v) is 13.7. The molecular weight excluding hydrogens is 357 g/mol. The number of Topliss-reactive ketones (excluding diaryl/α,β-unsaturated/α-hetero) is 1. The summed E-state index contributed by atoms with van der Waals surface area (Å²) in [7, 11) is -3.61. The van der Waals surface area contributed by atoms with E-state index in [1.165, 1.54) is 24.3 Å². The molecule has 0 radical (unpaired) electrons. The van der Waals surface area contributed by atoms with Crippen molar-refractivity contribution in [2.24, 2.45) is 0 Å². The fourth-order valence-electron chi connectivity index (χ4n) is 1.98. The van der Waals surface area contributed by atoms with Crippen LogP contribution in [-0.2, 0) is 10.0 Å². The first-order valence-electron chi connectivity index (χ1n) is 7.20. The van der Waals surface area contributed by atoms with Crippen LogP contribution in [0.3, 0.4) is 0 Å². The summed E-state index contributed by atoms with van der Waals surface area (Å²) >= 11 is 0. The molecule has 2 aromatic carbocycles. The molecule has 0 amide bonds. The van der Waals surface area contributed by atoms with Gasteiger partial charge >= 0.3 is 6.18 Å². The third kappa shape index (κ3) is 5.30. The molecule has 2 aromatic rings. The lowest BCUT2D eigenvalue weighted by Gasteiger charge is -2.10. The van der Waals surface area contributed by atoms with Crippen LogP contribution >= 0.6 is 0 Å². The molecule has 9 heteroatoms. The molecule has 0 bridgehead atoms. The van der Waals surface area contributed by atoms with Crippen molar-refractivity contribution in [3.8, 4) is 0 Å². The Labute approximate surface area is 142 Å². The summed E-state index contributed by atoms with van der Waals surface area (Å²) in [6, 6.07) is 12.6. The Morgan fingerprint density at radius 3 is 2.08 bits per heavy atom. The molecule has 0 unspecified atom stereocenters. The molecule has 134 valence electrons. The van der Waals surface area contributed by atoms with Crippen LogP contribution in [0.25, 0.3) is 0 Å². The lowest BCUT2D eigenvalue weighted by atomic mass is 10.1. The molecular formula is C16H15F3N2O3S. The predicted octanol–water partition coefficient (Wildman–Crippen LogP) is 2.82. The predicted molar refractivity (Wildman–Crippen MR) is 86.9 cm³/mol. The van der Waals surface area contributed by atoms with Gasteiger partial charge in [-0.05, 0) is 36.4 Å². The van der Waals surface area contributed by atoms with E-state index in [1.807, 2.05) is 0 Å². The summed E-state index contributed by atoms with van der Waals surface area (Å²) in [5.74, 6) is -1.91. The van der Waals surface area contributed by atoms with Crippen molar-refractivity contribution in [1.82, 2.24) is 4.72 Å². The first-order valence-corrected chi connectivity index (χ1v) is 8.68. The quantitative estimate of drug-likeness (QED) is 0.579. The molecule has 0 spiro atoms. The second kappa shape index (κ2) is 7.66. The Bertz CT molecular complexity index is 820. The van der Waals surface area contributed by atoms with Gasteiger partial charge < -0.3 is 5.32 Å². The van der Waals surface area contributed by atoms with Crippen LogP contribution in [0.5, 0.6) is 0 Å². The van der Waals surface area contributed by atoms with E-state index in [9.17, 15) is 26.4 Å². The number of carbonyl (C=O) groups excluding carboxylic acids is 1. The molecule has 0 saturated heterocycles. The van der Waals surface area contributed by atoms with E-state index in [2.05, 4.69) is 10.0 Å². The summed E-state index contributed by atoms with van der Waals surface area (Å²) in [4.78, 5) is 11.2. The highest BCUT2D eigenvalue weighted by atomic mass is 32.2. The second-order valence-corrected chi connectivity index (χ2v) is 6.81. The van der Waals surface area contributed by atoms with E-state index in [-0.39, 0.29) is 18.0 Å². The van der Waals surface area contributed by atoms with Crippen molar-refractivity contribution >= 4 is 21.5 Å². The molecule has 0 aliphatic rings. The van der Waals surface area contributed by atoms with Gasteiger partial charge in [0.1, 0.15) is 0 Å². The summed E-state index contributed by atoms with van der Waals surface area (Å²) in [6.07, 6.45) is -4.91. The number of hydrogen-bond acceptors (Lipinski definition) is 4. The number of benzene rings is 2. The number of ketones is 1. The number of rotatable bonds is 7. The van der Waals surface area contributed by atoms with Crippen LogP contribution in [0.4, 0.5) is 18.9 Å². The fraction of sp³-hybridized carbons (Fsp3) is 0.188. The van der Waals surface area contributed by atoms with Crippen LogP contribution in [0.1, 0.15) is 10.4 Å². The Balaban J connectivity index is 1.85. The number of halogens is 3. The van der Waals surface area contributed by atoms with Gasteiger partial charge in [-0.2, -0.15) is 13.2 Å². The lowest BCUT2D eigenvalue weighted by molar-refractivity contribution is -0.0885. The van der Waals surface area contributed by atoms with Crippen molar-refractivity contribution in [2.45, 2.75) is 11.1 Å². The summed E-state index contributed by atoms with van der Waals surface area (Å²) in [5, 5.41) is 2.85. The van der Waals surface area contributed by atoms with Gasteiger partial charge in [0.2, 0.25) is 10.0 Å². The second-order valence-electron chi connectivity index (χ2n) is 5.04. The number of hydrogen-bond donors (Lipinski definition) is 2. The van der Waals surface area contributed by atoms with E-state index in [4.69, 9.17) is 0 Å². The molecule has 2 N–H and O–H groups in total. The molecule has 0 saturated carbocycles. The van der Waals surface area contributed by atoms with Crippen LogP contribution < -0.4 is 10.0 Å². The van der Waals surface area contributed by atoms with E-state index in [0.29, 0.717) is 5.69 Å². The smallest absolute Gasteiger partial charge is 0.384 e. The van der Waals surface area contributed by atoms with Gasteiger partial charge in [-0.3, -0.25) is 4.79 Å². The molecule has 0 fully saturated rings. The van der Waals surface area contributed by atoms with Gasteiger partial charge in [0.15, 0.2) is 0 Å². The molecule has 0 heterocycles. The van der Waals surface area contributed by atoms with Gasteiger partial charge in [-0.15, -0.1) is 0 Å². The first-order chi connectivity index (χ1) is 11.7. The summed E-state index contributed by atoms with van der Waals surface area (Å²) in [6.45, 7) is 0.305. The Morgan fingerprint density at radius 1 is 0.920 bits per heavy atom. The Morgan fingerprint density at radius 2 is 1.52 bits per heavy atom. The topological polar surface area (TPSA) is 75.3 Å². The molecule has 2 rings (SSSR count). The highest BCUT2D eigenvalue weighted by molar-refractivity contribution is 7.89. The normalized spacial score (nSPS) is 12.0. The summed E-state index contributed by atoms with van der Waals surface area (Å²) in [5.41, 5.74) is 0.0143. The van der Waals surface area contributed by atoms with E-state index >= 15 is 0 Å². The van der Waals surface area contributed by atoms with Crippen molar-refractivity contribution < 1.29 is 26.4 Å². The molecule has 25 heavy (non-hydrogen) atoms. The average molecular weight is 372 g/mol. The lowest BCUT2D eigenvalue weighted by Crippen LogP contribution is -2.28. The van der Waals surface area contributed by atoms with Gasteiger partial charge in [-0.25, -0.2) is 13.1 Å². The van der Waals surface area contributed by atoms with Gasteiger partial charge in [-0.1, -0.05) is 18.2 Å². The van der Waals surface area contributed by atoms with E-state index in [0.717, 1.165) is 12.1 Å². The maximum absolute atomic E-state index is 12.3. The Hall–Kier alpha value is -2.39. The number of alkyl halides is 3. The molecule has 0 aromatic heterocycles. The van der Waals surface area contributed by atoms with Gasteiger partial charge in [0.05, 0.1) is 4.90 Å². The standard InChI is InChI=1S/C16H15F3N2O3S/c17-16(18,19)15(22)12-6-8-13(9-7-12)20-10-11-21-25(23,24)14-4-2-1-3-5-14/h1-9,20-21H,10-11H2. The zero-order chi connectivity index (χ0) is 18.5. The van der Waals surface area contributed by atoms with Crippen LogP contribution in [0, 0.1) is 0 Å². The van der Waals surface area contributed by atoms with Crippen molar-refractivity contribution in [3.63, 3.8) is 0 Å². The highest BCUT2D eigenvalue weighted by Crippen LogP contribution is 2.22. The summed E-state index contributed by atoms with van der Waals surface area (Å²) < 4.78 is 63.3. The van der Waals surface area contributed by atoms with Gasteiger partial charge in [0.25, 0.3) is 5.78 Å². The minimum absolute atomic E-state index is 0.0838. The van der Waals surface area contributed by atoms with Crippen LogP contribution in [0.2, 0.25) is 0 Å². The minimum atomic E-state index is -4.91. The monoisotopic (exact) mass is 372 g/mol. The first kappa shape index (κ1) is 18.9. The largest absolute Gasteiger partial charge is 0.454 e. The molecule has 0 aliphatic heterocycles. The fourth-order valence-corrected chi connectivity index (χ4v) is 3.03. The molecule has 5 nitrogen and oxygen atoms in total. The third-order valence-electron chi connectivity index (χ3n) is 3.20. The van der Waals surface area contributed by atoms with Crippen molar-refractivity contribution in [2.75, 3.05) is 18.4 Å². The van der Waals surface area contributed by atoms with Crippen LogP contribution in [-0.4, -0.2) is 33.5 Å². The Kier molecular flexibility index (Phi) is 5.81. The maximum atomic E-state index is 12.3. The SMILES string of the molecule is O=C(c1ccc(NCCNS(=O)(=O)c2ccccc2)cc1)C(F)(F)F. The number of anilines is 1. The number of nitrogens with one attached hydrogen (secondary N) is 2. The molecule has 0 aliphatic carbocycles. The number of carbonyl (C=O) groups is 1. The number of sulfonamides is 1. The highest BCUT2D eigenvalue weighted by Gasteiger charge is 2.39. The van der Waals surface area contributed by atoms with E-state index in [1.54, 1.807) is 18.2 Å². The minimum Gasteiger partial charge on any atom is -0.384 e. The van der Waals surface area contributed by atoms with E-state index < -0.39 is 27.5 Å². The molecule has 0 atom stereocenters. The van der Waals surface area contributed by atoms with Crippen LogP contribution in [0.15, 0.2) is 59.5 Å². The third-order valence-corrected chi connectivity index (χ3v) is 4.68.